The lowest BCUT2D eigenvalue weighted by Crippen LogP contribution is -2.42. The number of halogens is 3. The number of hydrogen-bond donors (Lipinski definition) is 4. The van der Waals surface area contributed by atoms with Crippen LogP contribution in [0.25, 0.3) is 22.3 Å². The van der Waals surface area contributed by atoms with Crippen molar-refractivity contribution in [2.24, 2.45) is 7.05 Å². The van der Waals surface area contributed by atoms with Gasteiger partial charge in [0, 0.05) is 48.4 Å². The van der Waals surface area contributed by atoms with Crippen LogP contribution in [0.3, 0.4) is 0 Å². The maximum Gasteiger partial charge on any atom is 0.356 e. The number of nitrogens with zero attached hydrogens (tertiary/aromatic N) is 4. The highest BCUT2D eigenvalue weighted by Crippen LogP contribution is 2.30. The molecule has 0 spiro atoms. The molecule has 37 heavy (non-hydrogen) atoms. The van der Waals surface area contributed by atoms with Gasteiger partial charge >= 0.3 is 5.97 Å². The molecule has 1 fully saturated rings. The van der Waals surface area contributed by atoms with Crippen molar-refractivity contribution in [3.05, 3.63) is 59.4 Å². The third kappa shape index (κ3) is 4.84. The number of aryl methyl sites for hydroxylation is 1. The van der Waals surface area contributed by atoms with E-state index < -0.39 is 29.3 Å². The fraction of sp³-hybridized carbons (Fsp3) is 0.292. The Morgan fingerprint density at radius 3 is 2.68 bits per heavy atom. The molecule has 0 bridgehead atoms. The van der Waals surface area contributed by atoms with Gasteiger partial charge in [0.25, 0.3) is 5.91 Å². The van der Waals surface area contributed by atoms with Gasteiger partial charge in [-0.05, 0) is 31.7 Å². The molecule has 3 heterocycles. The molecule has 1 saturated carbocycles. The highest BCUT2D eigenvalue weighted by molar-refractivity contribution is 5.96. The number of H-pyrrole nitrogens is 1. The zero-order valence-electron chi connectivity index (χ0n) is 19.6. The number of aromatic carboxylic acids is 1. The molecule has 0 radical (unpaired) electrons. The average molecular weight is 513 g/mol. The van der Waals surface area contributed by atoms with E-state index in [1.165, 1.54) is 24.0 Å². The predicted octanol–water partition coefficient (Wildman–Crippen LogP) is 3.63. The number of anilines is 1. The van der Waals surface area contributed by atoms with Crippen LogP contribution in [0.5, 0.6) is 0 Å². The number of amides is 1. The van der Waals surface area contributed by atoms with Crippen molar-refractivity contribution in [1.82, 2.24) is 30.0 Å². The number of nitrogens with one attached hydrogen (secondary N) is 3. The summed E-state index contributed by atoms with van der Waals surface area (Å²) in [7, 11) is 1.48. The van der Waals surface area contributed by atoms with Crippen molar-refractivity contribution in [2.45, 2.75) is 37.8 Å². The van der Waals surface area contributed by atoms with Crippen molar-refractivity contribution >= 4 is 28.6 Å². The Morgan fingerprint density at radius 1 is 1.14 bits per heavy atom. The number of aromatic amines is 1. The Kier molecular flexibility index (Phi) is 6.27. The Balaban J connectivity index is 1.31. The highest BCUT2D eigenvalue weighted by Gasteiger charge is 2.27. The summed E-state index contributed by atoms with van der Waals surface area (Å²) in [4.78, 5) is 34.8. The molecule has 1 aliphatic carbocycles. The van der Waals surface area contributed by atoms with Crippen molar-refractivity contribution in [3.8, 4) is 11.4 Å². The maximum atomic E-state index is 14.6. The third-order valence-corrected chi connectivity index (χ3v) is 6.37. The molecule has 192 valence electrons. The van der Waals surface area contributed by atoms with E-state index in [1.807, 2.05) is 0 Å². The fourth-order valence-electron chi connectivity index (χ4n) is 4.63. The Morgan fingerprint density at radius 2 is 1.92 bits per heavy atom. The minimum Gasteiger partial charge on any atom is -0.476 e. The van der Waals surface area contributed by atoms with Crippen LogP contribution in [-0.4, -0.2) is 53.8 Å². The standard InChI is InChI=1S/C24H22F3N7O3/c1-34-19(8-18(33-34)24(36)37)23(35)31-13-4-2-3-12(7-13)30-22-17(27)10-29-21(32-22)15-9-28-20-14(15)5-11(25)6-16(20)26/h5-6,8-10,12-13,28H,2-4,7H2,1H3,(H,31,35)(H,36,37)(H,29,30,32)/t12-,13+/m0/s1. The number of benzene rings is 1. The molecule has 5 rings (SSSR count). The molecular formula is C24H22F3N7O3. The Hall–Kier alpha value is -4.42. The number of rotatable bonds is 6. The lowest BCUT2D eigenvalue weighted by Gasteiger charge is -2.30. The second kappa shape index (κ2) is 9.56. The number of hydrogen-bond acceptors (Lipinski definition) is 6. The second-order valence-corrected chi connectivity index (χ2v) is 8.92. The molecule has 10 nitrogen and oxygen atoms in total. The van der Waals surface area contributed by atoms with E-state index in [0.29, 0.717) is 24.8 Å². The zero-order chi connectivity index (χ0) is 26.3. The molecule has 0 saturated heterocycles. The molecule has 1 amide bonds. The van der Waals surface area contributed by atoms with Gasteiger partial charge in [-0.2, -0.15) is 5.10 Å². The molecule has 1 aromatic carbocycles. The van der Waals surface area contributed by atoms with Gasteiger partial charge in [-0.1, -0.05) is 0 Å². The van der Waals surface area contributed by atoms with Crippen molar-refractivity contribution in [1.29, 1.82) is 0 Å². The number of aromatic nitrogens is 5. The van der Waals surface area contributed by atoms with Gasteiger partial charge in [-0.25, -0.2) is 27.9 Å². The van der Waals surface area contributed by atoms with Gasteiger partial charge in [0.2, 0.25) is 0 Å². The van der Waals surface area contributed by atoms with Gasteiger partial charge in [-0.15, -0.1) is 0 Å². The first-order valence-electron chi connectivity index (χ1n) is 11.5. The Bertz CT molecular complexity index is 1520. The first-order valence-corrected chi connectivity index (χ1v) is 11.5. The lowest BCUT2D eigenvalue weighted by atomic mass is 9.91. The number of fused-ring (bicyclic) bond motifs is 1. The summed E-state index contributed by atoms with van der Waals surface area (Å²) in [6.45, 7) is 0. The second-order valence-electron chi connectivity index (χ2n) is 8.92. The molecule has 2 atom stereocenters. The van der Waals surface area contributed by atoms with Crippen LogP contribution in [0.1, 0.15) is 46.7 Å². The van der Waals surface area contributed by atoms with Crippen molar-refractivity contribution < 1.29 is 27.9 Å². The van der Waals surface area contributed by atoms with Crippen LogP contribution in [-0.2, 0) is 7.05 Å². The monoisotopic (exact) mass is 513 g/mol. The molecule has 4 aromatic rings. The normalized spacial score (nSPS) is 17.6. The van der Waals surface area contributed by atoms with Crippen LogP contribution < -0.4 is 10.6 Å². The van der Waals surface area contributed by atoms with Crippen LogP contribution in [0.2, 0.25) is 0 Å². The number of carbonyl (C=O) groups excluding carboxylic acids is 1. The van der Waals surface area contributed by atoms with E-state index in [0.717, 1.165) is 24.8 Å². The van der Waals surface area contributed by atoms with E-state index in [9.17, 15) is 22.8 Å². The summed E-state index contributed by atoms with van der Waals surface area (Å²) in [5.74, 6) is -3.87. The van der Waals surface area contributed by atoms with Gasteiger partial charge in [-0.3, -0.25) is 9.48 Å². The summed E-state index contributed by atoms with van der Waals surface area (Å²) < 4.78 is 43.7. The zero-order valence-corrected chi connectivity index (χ0v) is 19.6. The van der Waals surface area contributed by atoms with E-state index in [2.05, 4.69) is 30.7 Å². The van der Waals surface area contributed by atoms with Gasteiger partial charge in [0.1, 0.15) is 17.3 Å². The number of carboxylic acids is 1. The van der Waals surface area contributed by atoms with Crippen LogP contribution in [0.15, 0.2) is 30.6 Å². The smallest absolute Gasteiger partial charge is 0.356 e. The van der Waals surface area contributed by atoms with Gasteiger partial charge in [0.15, 0.2) is 23.2 Å². The van der Waals surface area contributed by atoms with Crippen molar-refractivity contribution in [2.75, 3.05) is 5.32 Å². The topological polar surface area (TPSA) is 138 Å². The largest absolute Gasteiger partial charge is 0.476 e. The SMILES string of the molecule is Cn1nc(C(=O)O)cc1C(=O)N[C@@H]1CCC[C@H](Nc2nc(-c3c[nH]c4c(F)cc(F)cc34)ncc2F)C1. The lowest BCUT2D eigenvalue weighted by molar-refractivity contribution is 0.0689. The van der Waals surface area contributed by atoms with Gasteiger partial charge in [0.05, 0.1) is 11.7 Å². The van der Waals surface area contributed by atoms with E-state index in [-0.39, 0.29) is 46.0 Å². The maximum absolute atomic E-state index is 14.6. The quantitative estimate of drug-likeness (QED) is 0.309. The Labute approximate surface area is 207 Å². The summed E-state index contributed by atoms with van der Waals surface area (Å²) in [6, 6.07) is 2.65. The summed E-state index contributed by atoms with van der Waals surface area (Å²) >= 11 is 0. The van der Waals surface area contributed by atoms with E-state index >= 15 is 0 Å². The van der Waals surface area contributed by atoms with Crippen LogP contribution in [0.4, 0.5) is 19.0 Å². The first-order chi connectivity index (χ1) is 17.7. The molecular weight excluding hydrogens is 491 g/mol. The molecule has 1 aliphatic rings. The van der Waals surface area contributed by atoms with Gasteiger partial charge < -0.3 is 20.7 Å². The third-order valence-electron chi connectivity index (χ3n) is 6.37. The summed E-state index contributed by atoms with van der Waals surface area (Å²) in [5, 5.41) is 19.1. The molecule has 0 aliphatic heterocycles. The molecule has 0 unspecified atom stereocenters. The van der Waals surface area contributed by atoms with Crippen LogP contribution >= 0.6 is 0 Å². The fourth-order valence-corrected chi connectivity index (χ4v) is 4.63. The molecule has 4 N–H and O–H groups in total. The highest BCUT2D eigenvalue weighted by atomic mass is 19.1. The van der Waals surface area contributed by atoms with Crippen molar-refractivity contribution in [3.63, 3.8) is 0 Å². The summed E-state index contributed by atoms with van der Waals surface area (Å²) in [6.07, 6.45) is 5.03. The number of carbonyl (C=O) groups is 2. The van der Waals surface area contributed by atoms with Crippen LogP contribution in [0, 0.1) is 17.5 Å². The predicted molar refractivity (Wildman–Crippen MR) is 126 cm³/mol. The minimum absolute atomic E-state index is 0.0639. The molecule has 13 heteroatoms. The molecule has 3 aromatic heterocycles. The number of carboxylic acid groups (broad SMARTS) is 1. The summed E-state index contributed by atoms with van der Waals surface area (Å²) in [5.41, 5.74) is 0.299. The first kappa shape index (κ1) is 24.3. The average Bonchev–Trinajstić information content (AvgIpc) is 3.45. The minimum atomic E-state index is -1.23. The van der Waals surface area contributed by atoms with E-state index in [4.69, 9.17) is 5.11 Å². The van der Waals surface area contributed by atoms with E-state index in [1.54, 1.807) is 0 Å².